The molecule has 0 spiro atoms. The van der Waals surface area contributed by atoms with Gasteiger partial charge >= 0.3 is 0 Å². The van der Waals surface area contributed by atoms with E-state index in [-0.39, 0.29) is 6.10 Å². The van der Waals surface area contributed by atoms with Crippen molar-refractivity contribution in [1.29, 1.82) is 0 Å². The molecule has 0 aromatic heterocycles. The van der Waals surface area contributed by atoms with Crippen molar-refractivity contribution in [3.63, 3.8) is 0 Å². The number of rotatable bonds is 3. The van der Waals surface area contributed by atoms with Crippen LogP contribution in [0.25, 0.3) is 0 Å². The summed E-state index contributed by atoms with van der Waals surface area (Å²) in [5, 5.41) is 9.86. The Morgan fingerprint density at radius 2 is 1.89 bits per heavy atom. The van der Waals surface area contributed by atoms with Gasteiger partial charge in [-0.05, 0) is 49.3 Å². The first-order chi connectivity index (χ1) is 9.29. The molecule has 1 aliphatic carbocycles. The number of hydrogen-bond acceptors (Lipinski definition) is 2. The molecule has 0 amide bonds. The summed E-state index contributed by atoms with van der Waals surface area (Å²) in [5.74, 6) is 0.926. The number of hydrogen-bond donors (Lipinski definition) is 1. The summed E-state index contributed by atoms with van der Waals surface area (Å²) in [6.45, 7) is 3.23. The van der Waals surface area contributed by atoms with Gasteiger partial charge in [-0.1, -0.05) is 31.9 Å². The number of anilines is 1. The minimum atomic E-state index is -0.310. The molecule has 2 fully saturated rings. The fourth-order valence-electron chi connectivity index (χ4n) is 3.85. The summed E-state index contributed by atoms with van der Waals surface area (Å²) in [6, 6.07) is 9.37. The van der Waals surface area contributed by atoms with Crippen molar-refractivity contribution < 1.29 is 5.11 Å². The average Bonchev–Trinajstić information content (AvgIpc) is 2.90. The minimum Gasteiger partial charge on any atom is -0.388 e. The zero-order chi connectivity index (χ0) is 13.2. The number of aliphatic hydroxyl groups excluding tert-OH is 1. The molecule has 1 aromatic rings. The third kappa shape index (κ3) is 2.51. The first-order valence-electron chi connectivity index (χ1n) is 7.84. The van der Waals surface area contributed by atoms with E-state index in [4.69, 9.17) is 0 Å². The van der Waals surface area contributed by atoms with E-state index < -0.39 is 0 Å². The number of fused-ring (bicyclic) bond motifs is 1. The van der Waals surface area contributed by atoms with Crippen molar-refractivity contribution in [2.24, 2.45) is 5.92 Å². The normalized spacial score (nSPS) is 28.2. The fraction of sp³-hybridized carbons (Fsp3) is 0.647. The standard InChI is InChI=1S/C17H25NO/c1-2-17(19)14-7-9-15(10-8-14)18-12-11-13-5-3-4-6-16(13)18/h7-10,13,16-17,19H,2-6,11-12H2,1H3/t13?,16?,17-/m0/s1. The van der Waals surface area contributed by atoms with Crippen molar-refractivity contribution >= 4 is 5.69 Å². The van der Waals surface area contributed by atoms with Crippen LogP contribution in [0, 0.1) is 5.92 Å². The maximum Gasteiger partial charge on any atom is 0.0787 e. The zero-order valence-corrected chi connectivity index (χ0v) is 11.9. The lowest BCUT2D eigenvalue weighted by molar-refractivity contribution is 0.173. The van der Waals surface area contributed by atoms with Gasteiger partial charge in [0.05, 0.1) is 6.10 Å². The first-order valence-corrected chi connectivity index (χ1v) is 7.84. The maximum atomic E-state index is 9.86. The SMILES string of the molecule is CC[C@H](O)c1ccc(N2CCC3CCCCC32)cc1. The predicted molar refractivity (Wildman–Crippen MR) is 79.4 cm³/mol. The molecule has 2 nitrogen and oxygen atoms in total. The molecule has 1 heterocycles. The Labute approximate surface area is 116 Å². The van der Waals surface area contributed by atoms with Crippen molar-refractivity contribution in [1.82, 2.24) is 0 Å². The van der Waals surface area contributed by atoms with Gasteiger partial charge in [-0.15, -0.1) is 0 Å². The molecule has 1 N–H and O–H groups in total. The van der Waals surface area contributed by atoms with Gasteiger partial charge in [-0.25, -0.2) is 0 Å². The third-order valence-corrected chi connectivity index (χ3v) is 5.01. The summed E-state index contributed by atoms with van der Waals surface area (Å²) < 4.78 is 0. The summed E-state index contributed by atoms with van der Waals surface area (Å²) in [4.78, 5) is 2.60. The van der Waals surface area contributed by atoms with E-state index in [1.54, 1.807) is 0 Å². The minimum absolute atomic E-state index is 0.310. The molecule has 1 aromatic carbocycles. The average molecular weight is 259 g/mol. The highest BCUT2D eigenvalue weighted by atomic mass is 16.3. The van der Waals surface area contributed by atoms with Crippen LogP contribution in [0.3, 0.4) is 0 Å². The molecule has 2 aliphatic rings. The second kappa shape index (κ2) is 5.54. The second-order valence-corrected chi connectivity index (χ2v) is 6.11. The van der Waals surface area contributed by atoms with Gasteiger partial charge in [-0.2, -0.15) is 0 Å². The van der Waals surface area contributed by atoms with Crippen LogP contribution >= 0.6 is 0 Å². The molecule has 1 aliphatic heterocycles. The summed E-state index contributed by atoms with van der Waals surface area (Å²) in [7, 11) is 0. The van der Waals surface area contributed by atoms with E-state index in [9.17, 15) is 5.11 Å². The van der Waals surface area contributed by atoms with Gasteiger partial charge < -0.3 is 10.0 Å². The van der Waals surface area contributed by atoms with Crippen LogP contribution in [0.2, 0.25) is 0 Å². The molecule has 3 rings (SSSR count). The van der Waals surface area contributed by atoms with E-state index in [1.807, 2.05) is 6.92 Å². The first kappa shape index (κ1) is 13.0. The van der Waals surface area contributed by atoms with Crippen LogP contribution in [-0.4, -0.2) is 17.7 Å². The lowest BCUT2D eigenvalue weighted by Gasteiger charge is -2.33. The molecular weight excluding hydrogens is 234 g/mol. The van der Waals surface area contributed by atoms with Crippen LogP contribution in [0.1, 0.15) is 57.1 Å². The second-order valence-electron chi connectivity index (χ2n) is 6.11. The highest BCUT2D eigenvalue weighted by Gasteiger charge is 2.35. The van der Waals surface area contributed by atoms with Crippen molar-refractivity contribution in [2.75, 3.05) is 11.4 Å². The molecule has 2 heteroatoms. The van der Waals surface area contributed by atoms with Crippen molar-refractivity contribution in [3.8, 4) is 0 Å². The Bertz CT molecular complexity index is 414. The van der Waals surface area contributed by atoms with Crippen LogP contribution in [0.4, 0.5) is 5.69 Å². The molecule has 1 saturated carbocycles. The number of benzene rings is 1. The number of nitrogens with zero attached hydrogens (tertiary/aromatic N) is 1. The Morgan fingerprint density at radius 1 is 1.16 bits per heavy atom. The smallest absolute Gasteiger partial charge is 0.0787 e. The van der Waals surface area contributed by atoms with E-state index in [1.165, 1.54) is 44.3 Å². The van der Waals surface area contributed by atoms with Crippen LogP contribution in [0.15, 0.2) is 24.3 Å². The third-order valence-electron chi connectivity index (χ3n) is 5.01. The molecule has 104 valence electrons. The van der Waals surface area contributed by atoms with Crippen LogP contribution in [0.5, 0.6) is 0 Å². The van der Waals surface area contributed by atoms with Crippen molar-refractivity contribution in [3.05, 3.63) is 29.8 Å². The van der Waals surface area contributed by atoms with Gasteiger partial charge in [-0.3, -0.25) is 0 Å². The van der Waals surface area contributed by atoms with E-state index >= 15 is 0 Å². The van der Waals surface area contributed by atoms with Crippen LogP contribution < -0.4 is 4.90 Å². The molecule has 0 bridgehead atoms. The zero-order valence-electron chi connectivity index (χ0n) is 11.9. The number of aliphatic hydroxyl groups is 1. The highest BCUT2D eigenvalue weighted by Crippen LogP contribution is 2.38. The molecule has 2 unspecified atom stereocenters. The summed E-state index contributed by atoms with van der Waals surface area (Å²) in [6.07, 6.45) is 7.45. The molecule has 0 radical (unpaired) electrons. The summed E-state index contributed by atoms with van der Waals surface area (Å²) >= 11 is 0. The predicted octanol–water partition coefficient (Wildman–Crippen LogP) is 3.90. The monoisotopic (exact) mass is 259 g/mol. The Hall–Kier alpha value is -1.02. The highest BCUT2D eigenvalue weighted by molar-refractivity contribution is 5.50. The van der Waals surface area contributed by atoms with Gasteiger partial charge in [0.2, 0.25) is 0 Å². The van der Waals surface area contributed by atoms with E-state index in [0.29, 0.717) is 0 Å². The largest absolute Gasteiger partial charge is 0.388 e. The fourth-order valence-corrected chi connectivity index (χ4v) is 3.85. The Kier molecular flexibility index (Phi) is 3.79. The Balaban J connectivity index is 1.75. The molecule has 1 saturated heterocycles. The Morgan fingerprint density at radius 3 is 2.63 bits per heavy atom. The molecular formula is C17H25NO. The maximum absolute atomic E-state index is 9.86. The molecule has 3 atom stereocenters. The topological polar surface area (TPSA) is 23.5 Å². The lowest BCUT2D eigenvalue weighted by Crippen LogP contribution is -2.34. The van der Waals surface area contributed by atoms with E-state index in [0.717, 1.165) is 23.9 Å². The van der Waals surface area contributed by atoms with Crippen molar-refractivity contribution in [2.45, 2.75) is 57.6 Å². The molecule has 19 heavy (non-hydrogen) atoms. The van der Waals surface area contributed by atoms with Gasteiger partial charge in [0.1, 0.15) is 0 Å². The van der Waals surface area contributed by atoms with Gasteiger partial charge in [0.25, 0.3) is 0 Å². The van der Waals surface area contributed by atoms with E-state index in [2.05, 4.69) is 29.2 Å². The van der Waals surface area contributed by atoms with Gasteiger partial charge in [0.15, 0.2) is 0 Å². The quantitative estimate of drug-likeness (QED) is 0.890. The lowest BCUT2D eigenvalue weighted by atomic mass is 9.85. The van der Waals surface area contributed by atoms with Gasteiger partial charge in [0, 0.05) is 18.3 Å². The van der Waals surface area contributed by atoms with Crippen LogP contribution in [-0.2, 0) is 0 Å². The summed E-state index contributed by atoms with van der Waals surface area (Å²) in [5.41, 5.74) is 2.40.